The summed E-state index contributed by atoms with van der Waals surface area (Å²) in [5.41, 5.74) is 0. The summed E-state index contributed by atoms with van der Waals surface area (Å²) in [4.78, 5) is 37.3. The van der Waals surface area contributed by atoms with Gasteiger partial charge in [0.15, 0.2) is 6.10 Å². The van der Waals surface area contributed by atoms with Crippen molar-refractivity contribution in [1.29, 1.82) is 0 Å². The third-order valence-electron chi connectivity index (χ3n) is 11.5. The van der Waals surface area contributed by atoms with Crippen LogP contribution in [-0.2, 0) is 33.3 Å². The van der Waals surface area contributed by atoms with E-state index in [4.69, 9.17) is 18.9 Å². The first-order valence-corrected chi connectivity index (χ1v) is 25.9. The minimum Gasteiger partial charge on any atom is -0.477 e. The summed E-state index contributed by atoms with van der Waals surface area (Å²) in [7, 11) is 5.97. The Morgan fingerprint density at radius 1 is 0.475 bits per heavy atom. The lowest BCUT2D eigenvalue weighted by Gasteiger charge is -2.25. The van der Waals surface area contributed by atoms with Gasteiger partial charge >= 0.3 is 17.9 Å². The second-order valence-corrected chi connectivity index (χ2v) is 18.8. The molecule has 0 spiro atoms. The highest BCUT2D eigenvalue weighted by Crippen LogP contribution is 2.16. The third kappa shape index (κ3) is 45.9. The van der Waals surface area contributed by atoms with E-state index < -0.39 is 24.3 Å². The Bertz CT molecular complexity index is 1010. The lowest BCUT2D eigenvalue weighted by atomic mass is 10.0. The molecule has 0 saturated carbocycles. The Kier molecular flexibility index (Phi) is 43.2. The predicted octanol–water partition coefficient (Wildman–Crippen LogP) is 14.2. The van der Waals surface area contributed by atoms with E-state index in [1.165, 1.54) is 180 Å². The first-order chi connectivity index (χ1) is 29.6. The van der Waals surface area contributed by atoms with Crippen LogP contribution in [0, 0.1) is 0 Å². The Labute approximate surface area is 376 Å². The first-order valence-electron chi connectivity index (χ1n) is 25.9. The number of nitrogens with zero attached hydrogens (tertiary/aromatic N) is 1. The summed E-state index contributed by atoms with van der Waals surface area (Å²) >= 11 is 0. The van der Waals surface area contributed by atoms with Gasteiger partial charge in [-0.05, 0) is 38.5 Å². The Morgan fingerprint density at radius 3 is 1.21 bits per heavy atom. The molecule has 360 valence electrons. The zero-order valence-corrected chi connectivity index (χ0v) is 40.8. The number of carbonyl (C=O) groups is 3. The van der Waals surface area contributed by atoms with E-state index in [2.05, 4.69) is 26.0 Å². The number of esters is 2. The summed E-state index contributed by atoms with van der Waals surface area (Å²) in [6, 6.07) is 0. The van der Waals surface area contributed by atoms with Gasteiger partial charge in [0.1, 0.15) is 13.2 Å². The molecule has 0 bridgehead atoms. The normalized spacial score (nSPS) is 12.9. The van der Waals surface area contributed by atoms with Crippen LogP contribution in [0.4, 0.5) is 0 Å². The van der Waals surface area contributed by atoms with Crippen LogP contribution in [0.5, 0.6) is 0 Å². The summed E-state index contributed by atoms with van der Waals surface area (Å²) < 4.78 is 22.8. The number of carbonyl (C=O) groups excluding carboxylic acids is 2. The zero-order chi connectivity index (χ0) is 44.9. The van der Waals surface area contributed by atoms with Gasteiger partial charge < -0.3 is 28.5 Å². The minimum absolute atomic E-state index is 0.176. The van der Waals surface area contributed by atoms with Crippen molar-refractivity contribution in [2.24, 2.45) is 0 Å². The lowest BCUT2D eigenvalue weighted by molar-refractivity contribution is -0.870. The van der Waals surface area contributed by atoms with Gasteiger partial charge in [-0.25, -0.2) is 4.79 Å². The molecule has 2 unspecified atom stereocenters. The number of likely N-dealkylation sites (N-methyl/N-ethyl adjacent to an activating group) is 1. The molecule has 9 nitrogen and oxygen atoms in total. The van der Waals surface area contributed by atoms with Crippen LogP contribution in [-0.4, -0.2) is 87.4 Å². The molecule has 0 radical (unpaired) electrons. The van der Waals surface area contributed by atoms with Crippen LogP contribution in [0.15, 0.2) is 12.2 Å². The van der Waals surface area contributed by atoms with Crippen molar-refractivity contribution in [2.45, 2.75) is 257 Å². The number of aliphatic carboxylic acids is 1. The van der Waals surface area contributed by atoms with E-state index in [1.54, 1.807) is 0 Å². The van der Waals surface area contributed by atoms with Crippen molar-refractivity contribution in [3.05, 3.63) is 12.2 Å². The maximum absolute atomic E-state index is 12.8. The standard InChI is InChI=1S/C52H99NO8/c1-6-8-10-12-14-16-18-20-22-24-25-27-29-31-33-35-37-39-41-43-50(55)61-48(47-60-52(51(56)57)58-45-44-53(3,4)5)46-59-49(54)42-40-38-36-34-32-30-28-26-23-21-19-17-15-13-11-9-7-2/h20,22,48,52H,6-19,21,23-47H2,1-5H3/p+1/b22-20-. The van der Waals surface area contributed by atoms with Gasteiger partial charge in [0.05, 0.1) is 34.4 Å². The molecule has 0 rings (SSSR count). The fraction of sp³-hybridized carbons (Fsp3) is 0.904. The monoisotopic (exact) mass is 867 g/mol. The van der Waals surface area contributed by atoms with E-state index in [1.807, 2.05) is 21.1 Å². The number of quaternary nitrogens is 1. The molecule has 1 N–H and O–H groups in total. The van der Waals surface area contributed by atoms with E-state index >= 15 is 0 Å². The second kappa shape index (κ2) is 44.6. The highest BCUT2D eigenvalue weighted by molar-refractivity contribution is 5.71. The topological polar surface area (TPSA) is 108 Å². The smallest absolute Gasteiger partial charge is 0.361 e. The molecule has 61 heavy (non-hydrogen) atoms. The molecule has 0 amide bonds. The van der Waals surface area contributed by atoms with Crippen LogP contribution in [0.25, 0.3) is 0 Å². The van der Waals surface area contributed by atoms with Gasteiger partial charge in [-0.15, -0.1) is 0 Å². The second-order valence-electron chi connectivity index (χ2n) is 18.8. The van der Waals surface area contributed by atoms with E-state index in [0.717, 1.165) is 38.5 Å². The number of carboxylic acid groups (broad SMARTS) is 1. The molecular weight excluding hydrogens is 767 g/mol. The number of ether oxygens (including phenoxy) is 4. The van der Waals surface area contributed by atoms with E-state index in [-0.39, 0.29) is 32.2 Å². The number of unbranched alkanes of at least 4 members (excludes halogenated alkanes) is 31. The maximum atomic E-state index is 12.8. The van der Waals surface area contributed by atoms with Gasteiger partial charge in [0, 0.05) is 12.8 Å². The first kappa shape index (κ1) is 59.0. The number of rotatable bonds is 48. The molecule has 0 saturated heterocycles. The summed E-state index contributed by atoms with van der Waals surface area (Å²) in [5, 5.41) is 9.67. The molecule has 0 aromatic heterocycles. The minimum atomic E-state index is -1.50. The van der Waals surface area contributed by atoms with Gasteiger partial charge in [-0.3, -0.25) is 9.59 Å². The molecular formula is C52H100NO8+. The van der Waals surface area contributed by atoms with Crippen LogP contribution >= 0.6 is 0 Å². The van der Waals surface area contributed by atoms with Gasteiger partial charge in [-0.1, -0.05) is 206 Å². The predicted molar refractivity (Wildman–Crippen MR) is 254 cm³/mol. The van der Waals surface area contributed by atoms with Crippen molar-refractivity contribution >= 4 is 17.9 Å². The molecule has 0 aromatic rings. The van der Waals surface area contributed by atoms with Crippen molar-refractivity contribution in [3.8, 4) is 0 Å². The summed E-state index contributed by atoms with van der Waals surface area (Å²) in [6.07, 6.45) is 45.5. The molecule has 0 aliphatic carbocycles. The summed E-state index contributed by atoms with van der Waals surface area (Å²) in [6.45, 7) is 4.91. The molecule has 0 fully saturated rings. The van der Waals surface area contributed by atoms with Crippen LogP contribution in [0.1, 0.15) is 245 Å². The van der Waals surface area contributed by atoms with E-state index in [0.29, 0.717) is 17.4 Å². The SMILES string of the molecule is CCCCCCCC/C=C\CCCCCCCCCCCC(=O)OC(COC(=O)CCCCCCCCCCCCCCCCCCC)COC(OCC[N+](C)(C)C)C(=O)O. The van der Waals surface area contributed by atoms with Crippen LogP contribution in [0.2, 0.25) is 0 Å². The quantitative estimate of drug-likeness (QED) is 0.0212. The number of hydrogen-bond acceptors (Lipinski definition) is 7. The molecule has 0 aromatic carbocycles. The van der Waals surface area contributed by atoms with Crippen LogP contribution in [0.3, 0.4) is 0 Å². The Balaban J connectivity index is 4.31. The average molecular weight is 867 g/mol. The Hall–Kier alpha value is -1.97. The van der Waals surface area contributed by atoms with Crippen molar-refractivity contribution in [1.82, 2.24) is 0 Å². The number of hydrogen-bond donors (Lipinski definition) is 1. The molecule has 9 heteroatoms. The Morgan fingerprint density at radius 2 is 0.836 bits per heavy atom. The van der Waals surface area contributed by atoms with Crippen LogP contribution < -0.4 is 0 Å². The average Bonchev–Trinajstić information content (AvgIpc) is 3.22. The fourth-order valence-corrected chi connectivity index (χ4v) is 7.48. The third-order valence-corrected chi connectivity index (χ3v) is 11.5. The summed E-state index contributed by atoms with van der Waals surface area (Å²) in [5.74, 6) is -1.99. The molecule has 2 atom stereocenters. The lowest BCUT2D eigenvalue weighted by Crippen LogP contribution is -2.40. The highest BCUT2D eigenvalue weighted by Gasteiger charge is 2.25. The largest absolute Gasteiger partial charge is 0.477 e. The van der Waals surface area contributed by atoms with Crippen molar-refractivity contribution < 1.29 is 42.9 Å². The van der Waals surface area contributed by atoms with Crippen molar-refractivity contribution in [3.63, 3.8) is 0 Å². The maximum Gasteiger partial charge on any atom is 0.361 e. The van der Waals surface area contributed by atoms with Crippen molar-refractivity contribution in [2.75, 3.05) is 47.5 Å². The van der Waals surface area contributed by atoms with E-state index in [9.17, 15) is 19.5 Å². The highest BCUT2D eigenvalue weighted by atomic mass is 16.7. The van der Waals surface area contributed by atoms with Gasteiger partial charge in [0.2, 0.25) is 0 Å². The van der Waals surface area contributed by atoms with Gasteiger partial charge in [-0.2, -0.15) is 0 Å². The molecule has 0 heterocycles. The number of carboxylic acids is 1. The fourth-order valence-electron chi connectivity index (χ4n) is 7.48. The molecule has 0 aliphatic rings. The zero-order valence-electron chi connectivity index (χ0n) is 40.8. The molecule has 0 aliphatic heterocycles. The van der Waals surface area contributed by atoms with Gasteiger partial charge in [0.25, 0.3) is 6.29 Å². The number of allylic oxidation sites excluding steroid dienone is 2.